The number of aromatic nitrogens is 1. The molecule has 2 atom stereocenters. The van der Waals surface area contributed by atoms with Crippen LogP contribution in [0.2, 0.25) is 0 Å². The zero-order valence-corrected chi connectivity index (χ0v) is 16.4. The summed E-state index contributed by atoms with van der Waals surface area (Å²) < 4.78 is 0. The summed E-state index contributed by atoms with van der Waals surface area (Å²) in [5, 5.41) is 12.4. The van der Waals surface area contributed by atoms with E-state index >= 15 is 0 Å². The summed E-state index contributed by atoms with van der Waals surface area (Å²) in [7, 11) is 0. The Kier molecular flexibility index (Phi) is 6.26. The number of benzene rings is 1. The van der Waals surface area contributed by atoms with Crippen LogP contribution < -0.4 is 5.32 Å². The SMILES string of the molecule is CC1(C(=O)O)CCCN(C(=O)C(Cc2ccccc2)NC(=O)c2cccnc2)C1. The maximum absolute atomic E-state index is 13.3. The Balaban J connectivity index is 1.81. The molecule has 1 fully saturated rings. The van der Waals surface area contributed by atoms with Crippen molar-refractivity contribution in [3.05, 3.63) is 66.0 Å². The monoisotopic (exact) mass is 395 g/mol. The minimum absolute atomic E-state index is 0.134. The van der Waals surface area contributed by atoms with E-state index in [1.54, 1.807) is 30.2 Å². The van der Waals surface area contributed by atoms with E-state index in [1.807, 2.05) is 30.3 Å². The summed E-state index contributed by atoms with van der Waals surface area (Å²) >= 11 is 0. The van der Waals surface area contributed by atoms with Gasteiger partial charge in [-0.05, 0) is 37.5 Å². The van der Waals surface area contributed by atoms with Crippen LogP contribution in [-0.2, 0) is 16.0 Å². The third-order valence-electron chi connectivity index (χ3n) is 5.33. The van der Waals surface area contributed by atoms with Gasteiger partial charge < -0.3 is 15.3 Å². The van der Waals surface area contributed by atoms with Gasteiger partial charge in [-0.2, -0.15) is 0 Å². The first kappa shape index (κ1) is 20.5. The fourth-order valence-corrected chi connectivity index (χ4v) is 3.61. The van der Waals surface area contributed by atoms with Gasteiger partial charge in [0.05, 0.1) is 11.0 Å². The summed E-state index contributed by atoms with van der Waals surface area (Å²) in [5.74, 6) is -1.56. The lowest BCUT2D eigenvalue weighted by molar-refractivity contribution is -0.154. The average molecular weight is 395 g/mol. The van der Waals surface area contributed by atoms with Crippen molar-refractivity contribution in [2.75, 3.05) is 13.1 Å². The number of carboxylic acid groups (broad SMARTS) is 1. The van der Waals surface area contributed by atoms with Gasteiger partial charge in [-0.15, -0.1) is 0 Å². The fraction of sp³-hybridized carbons (Fsp3) is 0.364. The molecule has 1 aromatic heterocycles. The van der Waals surface area contributed by atoms with E-state index < -0.39 is 17.4 Å². The minimum Gasteiger partial charge on any atom is -0.481 e. The Labute approximate surface area is 169 Å². The number of amides is 2. The molecular weight excluding hydrogens is 370 g/mol. The van der Waals surface area contributed by atoms with Crippen LogP contribution in [0.4, 0.5) is 0 Å². The van der Waals surface area contributed by atoms with Gasteiger partial charge in [-0.25, -0.2) is 0 Å². The number of carbonyl (C=O) groups excluding carboxylic acids is 2. The number of nitrogens with zero attached hydrogens (tertiary/aromatic N) is 2. The van der Waals surface area contributed by atoms with Crippen molar-refractivity contribution in [2.24, 2.45) is 5.41 Å². The first-order valence-corrected chi connectivity index (χ1v) is 9.66. The predicted octanol–water partition coefficient (Wildman–Crippen LogP) is 2.14. The van der Waals surface area contributed by atoms with Gasteiger partial charge in [0, 0.05) is 31.9 Å². The standard InChI is InChI=1S/C22H25N3O4/c1-22(21(28)29)10-6-12-25(15-22)20(27)18(13-16-7-3-2-4-8-16)24-19(26)17-9-5-11-23-14-17/h2-5,7-9,11,14,18H,6,10,12-13,15H2,1H3,(H,24,26)(H,28,29). The van der Waals surface area contributed by atoms with E-state index in [0.717, 1.165) is 5.56 Å². The highest BCUT2D eigenvalue weighted by Gasteiger charge is 2.41. The maximum Gasteiger partial charge on any atom is 0.311 e. The van der Waals surface area contributed by atoms with Gasteiger partial charge in [-0.1, -0.05) is 30.3 Å². The molecule has 29 heavy (non-hydrogen) atoms. The number of carbonyl (C=O) groups is 3. The molecule has 2 amide bonds. The molecular formula is C22H25N3O4. The van der Waals surface area contributed by atoms with E-state index in [-0.39, 0.29) is 18.4 Å². The summed E-state index contributed by atoms with van der Waals surface area (Å²) in [4.78, 5) is 43.1. The van der Waals surface area contributed by atoms with Gasteiger partial charge >= 0.3 is 5.97 Å². The highest BCUT2D eigenvalue weighted by atomic mass is 16.4. The van der Waals surface area contributed by atoms with Crippen molar-refractivity contribution < 1.29 is 19.5 Å². The van der Waals surface area contributed by atoms with E-state index in [2.05, 4.69) is 10.3 Å². The molecule has 2 heterocycles. The highest BCUT2D eigenvalue weighted by molar-refractivity contribution is 5.97. The Bertz CT molecular complexity index is 872. The number of hydrogen-bond donors (Lipinski definition) is 2. The number of nitrogens with one attached hydrogen (secondary N) is 1. The molecule has 2 N–H and O–H groups in total. The maximum atomic E-state index is 13.3. The van der Waals surface area contributed by atoms with Crippen LogP contribution in [0.1, 0.15) is 35.7 Å². The van der Waals surface area contributed by atoms with Crippen LogP contribution in [-0.4, -0.2) is 51.9 Å². The topological polar surface area (TPSA) is 99.6 Å². The number of pyridine rings is 1. The van der Waals surface area contributed by atoms with Gasteiger partial charge in [0.1, 0.15) is 6.04 Å². The van der Waals surface area contributed by atoms with E-state index in [1.165, 1.54) is 6.20 Å². The van der Waals surface area contributed by atoms with Gasteiger partial charge in [0.15, 0.2) is 0 Å². The third-order valence-corrected chi connectivity index (χ3v) is 5.33. The molecule has 0 spiro atoms. The largest absolute Gasteiger partial charge is 0.481 e. The van der Waals surface area contributed by atoms with E-state index in [9.17, 15) is 19.5 Å². The lowest BCUT2D eigenvalue weighted by Gasteiger charge is -2.39. The molecule has 2 unspecified atom stereocenters. The second kappa shape index (κ2) is 8.86. The van der Waals surface area contributed by atoms with E-state index in [0.29, 0.717) is 31.4 Å². The molecule has 7 nitrogen and oxygen atoms in total. The molecule has 1 aromatic carbocycles. The van der Waals surface area contributed by atoms with Crippen molar-refractivity contribution in [1.82, 2.24) is 15.2 Å². The lowest BCUT2D eigenvalue weighted by Crippen LogP contribution is -2.55. The van der Waals surface area contributed by atoms with Crippen LogP contribution in [0.5, 0.6) is 0 Å². The van der Waals surface area contributed by atoms with Crippen molar-refractivity contribution >= 4 is 17.8 Å². The quantitative estimate of drug-likeness (QED) is 0.781. The average Bonchev–Trinajstić information content (AvgIpc) is 2.74. The smallest absolute Gasteiger partial charge is 0.311 e. The van der Waals surface area contributed by atoms with Crippen LogP contribution in [0.15, 0.2) is 54.9 Å². The molecule has 0 saturated carbocycles. The summed E-state index contributed by atoms with van der Waals surface area (Å²) in [6.07, 6.45) is 4.48. The highest BCUT2D eigenvalue weighted by Crippen LogP contribution is 2.30. The second-order valence-electron chi connectivity index (χ2n) is 7.69. The normalized spacial score (nSPS) is 20.0. The summed E-state index contributed by atoms with van der Waals surface area (Å²) in [6.45, 7) is 2.28. The number of aliphatic carboxylic acids is 1. The summed E-state index contributed by atoms with van der Waals surface area (Å²) in [5.41, 5.74) is 0.307. The van der Waals surface area contributed by atoms with Crippen molar-refractivity contribution in [3.63, 3.8) is 0 Å². The van der Waals surface area contributed by atoms with Crippen LogP contribution in [0, 0.1) is 5.41 Å². The Hall–Kier alpha value is -3.22. The second-order valence-corrected chi connectivity index (χ2v) is 7.69. The molecule has 0 radical (unpaired) electrons. The van der Waals surface area contributed by atoms with Crippen LogP contribution in [0.25, 0.3) is 0 Å². The molecule has 1 aliphatic heterocycles. The Morgan fingerprint density at radius 2 is 1.97 bits per heavy atom. The molecule has 1 aliphatic rings. The number of likely N-dealkylation sites (tertiary alicyclic amines) is 1. The third kappa shape index (κ3) is 4.99. The fourth-order valence-electron chi connectivity index (χ4n) is 3.61. The lowest BCUT2D eigenvalue weighted by atomic mass is 9.81. The molecule has 2 aromatic rings. The minimum atomic E-state index is -0.974. The number of rotatable bonds is 6. The molecule has 152 valence electrons. The number of carboxylic acids is 1. The molecule has 3 rings (SSSR count). The van der Waals surface area contributed by atoms with E-state index in [4.69, 9.17) is 0 Å². The number of hydrogen-bond acceptors (Lipinski definition) is 4. The van der Waals surface area contributed by atoms with Gasteiger partial charge in [-0.3, -0.25) is 19.4 Å². The Morgan fingerprint density at radius 1 is 1.21 bits per heavy atom. The van der Waals surface area contributed by atoms with Crippen molar-refractivity contribution in [2.45, 2.75) is 32.2 Å². The first-order chi connectivity index (χ1) is 13.9. The van der Waals surface area contributed by atoms with Gasteiger partial charge in [0.2, 0.25) is 5.91 Å². The van der Waals surface area contributed by atoms with Crippen molar-refractivity contribution in [3.8, 4) is 0 Å². The summed E-state index contributed by atoms with van der Waals surface area (Å²) in [6, 6.07) is 11.9. The molecule has 0 bridgehead atoms. The van der Waals surface area contributed by atoms with Gasteiger partial charge in [0.25, 0.3) is 5.91 Å². The van der Waals surface area contributed by atoms with Crippen LogP contribution in [0.3, 0.4) is 0 Å². The predicted molar refractivity (Wildman–Crippen MR) is 107 cm³/mol. The zero-order chi connectivity index (χ0) is 20.9. The number of piperidine rings is 1. The zero-order valence-electron chi connectivity index (χ0n) is 16.4. The molecule has 1 saturated heterocycles. The van der Waals surface area contributed by atoms with Crippen molar-refractivity contribution in [1.29, 1.82) is 0 Å². The molecule has 7 heteroatoms. The molecule has 0 aliphatic carbocycles. The first-order valence-electron chi connectivity index (χ1n) is 9.66. The Morgan fingerprint density at radius 3 is 2.62 bits per heavy atom. The van der Waals surface area contributed by atoms with Crippen LogP contribution >= 0.6 is 0 Å².